The molecule has 5 rings (SSSR count). The fraction of sp³-hybridized carbons (Fsp3) is 0.344. The molecule has 0 spiro atoms. The summed E-state index contributed by atoms with van der Waals surface area (Å²) in [6, 6.07) is 17.5. The van der Waals surface area contributed by atoms with Crippen molar-refractivity contribution < 1.29 is 19.1 Å². The molecular formula is C32H35ClN4O4. The van der Waals surface area contributed by atoms with Crippen LogP contribution in [0.25, 0.3) is 0 Å². The maximum atomic E-state index is 14.4. The average Bonchev–Trinajstić information content (AvgIpc) is 3.09. The molecule has 0 bridgehead atoms. The van der Waals surface area contributed by atoms with Gasteiger partial charge in [0.15, 0.2) is 11.5 Å². The molecule has 3 aromatic rings. The summed E-state index contributed by atoms with van der Waals surface area (Å²) in [4.78, 5) is 29.1. The Morgan fingerprint density at radius 1 is 1.10 bits per heavy atom. The minimum Gasteiger partial charge on any atom is -0.493 e. The number of hydrogen-bond acceptors (Lipinski definition) is 6. The molecule has 2 amide bonds. The van der Waals surface area contributed by atoms with E-state index in [1.807, 2.05) is 29.3 Å². The molecule has 1 atom stereocenters. The summed E-state index contributed by atoms with van der Waals surface area (Å²) in [5, 5.41) is 10.0. The second-order valence-corrected chi connectivity index (χ2v) is 11.1. The number of methoxy groups -OCH3 is 1. The Morgan fingerprint density at radius 2 is 1.93 bits per heavy atom. The smallest absolute Gasteiger partial charge is 0.257 e. The van der Waals surface area contributed by atoms with Crippen LogP contribution >= 0.6 is 11.6 Å². The van der Waals surface area contributed by atoms with Gasteiger partial charge in [-0.05, 0) is 85.7 Å². The highest BCUT2D eigenvalue weighted by Gasteiger charge is 2.37. The van der Waals surface area contributed by atoms with Gasteiger partial charge in [0.05, 0.1) is 42.6 Å². The molecule has 0 aromatic heterocycles. The Balaban J connectivity index is 1.44. The first-order chi connectivity index (χ1) is 19.9. The van der Waals surface area contributed by atoms with Crippen molar-refractivity contribution in [2.24, 2.45) is 11.0 Å². The molecule has 3 aromatic carbocycles. The molecule has 2 heterocycles. The normalized spacial score (nSPS) is 16.7. The summed E-state index contributed by atoms with van der Waals surface area (Å²) in [7, 11) is 1.62. The van der Waals surface area contributed by atoms with Gasteiger partial charge in [0.2, 0.25) is 0 Å². The lowest BCUT2D eigenvalue weighted by atomic mass is 10.0. The number of carbonyl (C=O) groups is 2. The highest BCUT2D eigenvalue weighted by Crippen LogP contribution is 2.40. The van der Waals surface area contributed by atoms with E-state index in [1.165, 1.54) is 0 Å². The van der Waals surface area contributed by atoms with Crippen LogP contribution in [0.15, 0.2) is 65.8 Å². The van der Waals surface area contributed by atoms with E-state index in [1.54, 1.807) is 54.6 Å². The topological polar surface area (TPSA) is 83.5 Å². The number of amides is 2. The Hall–Kier alpha value is -4.04. The van der Waals surface area contributed by atoms with Crippen LogP contribution in [0.4, 0.5) is 17.1 Å². The van der Waals surface area contributed by atoms with E-state index in [4.69, 9.17) is 26.2 Å². The maximum Gasteiger partial charge on any atom is 0.257 e. The number of anilines is 3. The number of rotatable bonds is 8. The minimum atomic E-state index is -0.509. The Morgan fingerprint density at radius 3 is 2.73 bits per heavy atom. The summed E-state index contributed by atoms with van der Waals surface area (Å²) in [6.45, 7) is 5.55. The molecular weight excluding hydrogens is 540 g/mol. The van der Waals surface area contributed by atoms with E-state index >= 15 is 0 Å². The summed E-state index contributed by atoms with van der Waals surface area (Å²) in [5.74, 6) is 1.43. The zero-order valence-corrected chi connectivity index (χ0v) is 24.4. The lowest BCUT2D eigenvalue weighted by Gasteiger charge is -2.36. The van der Waals surface area contributed by atoms with Crippen molar-refractivity contribution in [3.8, 4) is 11.5 Å². The van der Waals surface area contributed by atoms with Crippen LogP contribution in [0.2, 0.25) is 5.02 Å². The standard InChI is InChI=1S/C32H35ClN4O4/c1-21(2)15-17-41-30-18-22(11-14-29(30)40-3)20-34-36-16-7-6-10-28(36)32(39)37-26-9-5-4-8-24(26)31(38)35-25-19-23(33)12-13-27(25)37/h4-5,8-9,11-14,18-21,28H,6-7,10,15-17H2,1-3H3,(H,35,38)/b34-20+. The minimum absolute atomic E-state index is 0.151. The van der Waals surface area contributed by atoms with Crippen LogP contribution in [0.3, 0.4) is 0 Å². The van der Waals surface area contributed by atoms with Crippen molar-refractivity contribution in [2.45, 2.75) is 45.6 Å². The molecule has 41 heavy (non-hydrogen) atoms. The van der Waals surface area contributed by atoms with Crippen LogP contribution in [0.1, 0.15) is 55.5 Å². The molecule has 214 valence electrons. The van der Waals surface area contributed by atoms with Gasteiger partial charge in [0.1, 0.15) is 6.04 Å². The van der Waals surface area contributed by atoms with E-state index in [0.717, 1.165) is 24.8 Å². The van der Waals surface area contributed by atoms with Gasteiger partial charge in [0, 0.05) is 11.6 Å². The van der Waals surface area contributed by atoms with Crippen LogP contribution in [0.5, 0.6) is 11.5 Å². The highest BCUT2D eigenvalue weighted by molar-refractivity contribution is 6.31. The van der Waals surface area contributed by atoms with Crippen LogP contribution in [-0.2, 0) is 4.79 Å². The Kier molecular flexibility index (Phi) is 8.78. The van der Waals surface area contributed by atoms with E-state index in [0.29, 0.717) is 64.6 Å². The van der Waals surface area contributed by atoms with Crippen molar-refractivity contribution in [3.05, 3.63) is 76.8 Å². The average molecular weight is 575 g/mol. The molecule has 1 unspecified atom stereocenters. The predicted molar refractivity (Wildman–Crippen MR) is 163 cm³/mol. The van der Waals surface area contributed by atoms with Gasteiger partial charge in [-0.15, -0.1) is 0 Å². The van der Waals surface area contributed by atoms with Crippen molar-refractivity contribution in [2.75, 3.05) is 30.5 Å². The first-order valence-corrected chi connectivity index (χ1v) is 14.4. The summed E-state index contributed by atoms with van der Waals surface area (Å²) in [6.07, 6.45) is 5.17. The van der Waals surface area contributed by atoms with E-state index in [-0.39, 0.29) is 11.8 Å². The first-order valence-electron chi connectivity index (χ1n) is 14.0. The van der Waals surface area contributed by atoms with Gasteiger partial charge in [0.25, 0.3) is 11.8 Å². The number of benzene rings is 3. The molecule has 2 aliphatic heterocycles. The molecule has 1 fully saturated rings. The molecule has 0 saturated carbocycles. The van der Waals surface area contributed by atoms with Crippen molar-refractivity contribution in [1.29, 1.82) is 0 Å². The predicted octanol–water partition coefficient (Wildman–Crippen LogP) is 6.89. The molecule has 0 radical (unpaired) electrons. The fourth-order valence-electron chi connectivity index (χ4n) is 5.11. The van der Waals surface area contributed by atoms with Gasteiger partial charge in [-0.2, -0.15) is 5.10 Å². The zero-order chi connectivity index (χ0) is 28.9. The Bertz CT molecular complexity index is 1460. The lowest BCUT2D eigenvalue weighted by Crippen LogP contribution is -2.47. The highest BCUT2D eigenvalue weighted by atomic mass is 35.5. The van der Waals surface area contributed by atoms with Gasteiger partial charge < -0.3 is 14.8 Å². The van der Waals surface area contributed by atoms with Crippen molar-refractivity contribution in [1.82, 2.24) is 5.01 Å². The number of hydrogen-bond donors (Lipinski definition) is 1. The fourth-order valence-corrected chi connectivity index (χ4v) is 5.28. The molecule has 0 aliphatic carbocycles. The number of nitrogens with zero attached hydrogens (tertiary/aromatic N) is 3. The number of fused-ring (bicyclic) bond motifs is 2. The van der Waals surface area contributed by atoms with Gasteiger partial charge in [-0.25, -0.2) is 0 Å². The number of piperidine rings is 1. The van der Waals surface area contributed by atoms with E-state index in [9.17, 15) is 9.59 Å². The third kappa shape index (κ3) is 6.33. The second kappa shape index (κ2) is 12.6. The number of halogens is 1. The monoisotopic (exact) mass is 574 g/mol. The largest absolute Gasteiger partial charge is 0.493 e. The van der Waals surface area contributed by atoms with Gasteiger partial charge >= 0.3 is 0 Å². The van der Waals surface area contributed by atoms with Gasteiger partial charge in [-0.1, -0.05) is 37.6 Å². The van der Waals surface area contributed by atoms with Crippen LogP contribution in [0, 0.1) is 5.92 Å². The quantitative estimate of drug-likeness (QED) is 0.296. The van der Waals surface area contributed by atoms with Crippen molar-refractivity contribution in [3.63, 3.8) is 0 Å². The SMILES string of the molecule is COc1ccc(/C=N/N2CCCCC2C(=O)N2c3ccc(Cl)cc3NC(=O)c3ccccc32)cc1OCCC(C)C. The molecule has 8 nitrogen and oxygen atoms in total. The molecule has 9 heteroatoms. The Labute approximate surface area is 245 Å². The van der Waals surface area contributed by atoms with Crippen LogP contribution in [-0.4, -0.2) is 49.3 Å². The summed E-state index contributed by atoms with van der Waals surface area (Å²) < 4.78 is 11.5. The summed E-state index contributed by atoms with van der Waals surface area (Å²) >= 11 is 6.26. The number of carbonyl (C=O) groups excluding carboxylic acids is 2. The summed E-state index contributed by atoms with van der Waals surface area (Å²) in [5.41, 5.74) is 2.86. The second-order valence-electron chi connectivity index (χ2n) is 10.7. The third-order valence-electron chi connectivity index (χ3n) is 7.31. The number of hydrazone groups is 1. The first kappa shape index (κ1) is 28.5. The van der Waals surface area contributed by atoms with E-state index < -0.39 is 6.04 Å². The number of ether oxygens (including phenoxy) is 2. The maximum absolute atomic E-state index is 14.4. The lowest BCUT2D eigenvalue weighted by molar-refractivity contribution is -0.124. The zero-order valence-electron chi connectivity index (χ0n) is 23.6. The molecule has 1 saturated heterocycles. The van der Waals surface area contributed by atoms with Gasteiger partial charge in [-0.3, -0.25) is 19.5 Å². The number of nitrogens with one attached hydrogen (secondary N) is 1. The molecule has 1 N–H and O–H groups in total. The third-order valence-corrected chi connectivity index (χ3v) is 7.55. The van der Waals surface area contributed by atoms with Crippen LogP contribution < -0.4 is 19.7 Å². The molecule has 2 aliphatic rings. The number of para-hydroxylation sites is 1. The van der Waals surface area contributed by atoms with E-state index in [2.05, 4.69) is 19.2 Å². The van der Waals surface area contributed by atoms with Crippen molar-refractivity contribution >= 4 is 46.7 Å².